The summed E-state index contributed by atoms with van der Waals surface area (Å²) in [6.45, 7) is 3.66. The maximum Gasteiger partial charge on any atom is 0.501 e. The molecule has 1 fully saturated rings. The highest BCUT2D eigenvalue weighted by atomic mass is 32.2. The van der Waals surface area contributed by atoms with E-state index in [0.29, 0.717) is 5.71 Å². The van der Waals surface area contributed by atoms with Crippen LogP contribution in [0.1, 0.15) is 26.7 Å². The zero-order valence-corrected chi connectivity index (χ0v) is 15.2. The van der Waals surface area contributed by atoms with Gasteiger partial charge in [0, 0.05) is 5.54 Å². The van der Waals surface area contributed by atoms with E-state index in [2.05, 4.69) is 16.6 Å². The largest absolute Gasteiger partial charge is 0.501 e. The first kappa shape index (κ1) is 17.6. The number of carbonyl (C=O) groups excluding carboxylic acids is 2. The number of allylic oxidation sites excluding steroid dienone is 2. The second-order valence-electron chi connectivity index (χ2n) is 6.66. The van der Waals surface area contributed by atoms with E-state index in [1.807, 2.05) is 6.92 Å². The van der Waals surface area contributed by atoms with Gasteiger partial charge in [0.15, 0.2) is 6.54 Å². The maximum absolute atomic E-state index is 12.6. The molecule has 0 aromatic heterocycles. The van der Waals surface area contributed by atoms with E-state index < -0.39 is 33.4 Å². The lowest BCUT2D eigenvalue weighted by Crippen LogP contribution is -2.53. The number of hydrogen-bond acceptors (Lipinski definition) is 4. The summed E-state index contributed by atoms with van der Waals surface area (Å²) in [6.07, 6.45) is 5.95. The van der Waals surface area contributed by atoms with E-state index in [4.69, 9.17) is 0 Å². The van der Waals surface area contributed by atoms with Crippen molar-refractivity contribution < 1.29 is 22.6 Å². The number of sulfonamides is 1. The van der Waals surface area contributed by atoms with E-state index in [1.54, 1.807) is 6.92 Å². The van der Waals surface area contributed by atoms with Crippen molar-refractivity contribution in [3.8, 4) is 11.8 Å². The number of imide groups is 1. The molecule has 3 aliphatic rings. The number of nitrogens with zero attached hydrogens (tertiary/aromatic N) is 2. The molecule has 132 valence electrons. The minimum Gasteiger partial charge on any atom is -0.245 e. The second kappa shape index (κ2) is 5.93. The Balaban J connectivity index is 2.01. The van der Waals surface area contributed by atoms with Crippen LogP contribution in [0, 0.1) is 17.8 Å². The highest BCUT2D eigenvalue weighted by Crippen LogP contribution is 2.36. The molecule has 0 saturated heterocycles. The minimum absolute atomic E-state index is 0.0481. The molecule has 0 aromatic rings. The van der Waals surface area contributed by atoms with E-state index >= 15 is 0 Å². The molecule has 25 heavy (non-hydrogen) atoms. The Morgan fingerprint density at radius 1 is 1.36 bits per heavy atom. The third-order valence-corrected chi connectivity index (χ3v) is 6.25. The molecule has 0 radical (unpaired) electrons. The van der Waals surface area contributed by atoms with E-state index in [1.165, 1.54) is 29.9 Å². The van der Waals surface area contributed by atoms with Gasteiger partial charge >= 0.3 is 11.9 Å². The Kier molecular flexibility index (Phi) is 4.17. The predicted octanol–water partition coefficient (Wildman–Crippen LogP) is 0.597. The molecule has 1 heterocycles. The summed E-state index contributed by atoms with van der Waals surface area (Å²) in [7, 11) is -2.32. The zero-order valence-electron chi connectivity index (χ0n) is 14.4. The molecule has 1 atom stereocenters. The molecule has 1 N–H and O–H groups in total. The lowest BCUT2D eigenvalue weighted by atomic mass is 9.94. The van der Waals surface area contributed by atoms with Crippen LogP contribution in [0.15, 0.2) is 23.1 Å². The van der Waals surface area contributed by atoms with Crippen molar-refractivity contribution in [1.82, 2.24) is 9.62 Å². The van der Waals surface area contributed by atoms with Gasteiger partial charge in [-0.3, -0.25) is 0 Å². The molecule has 1 saturated carbocycles. The molecule has 3 rings (SSSR count). The average Bonchev–Trinajstić information content (AvgIpc) is 3.28. The van der Waals surface area contributed by atoms with Gasteiger partial charge in [0.2, 0.25) is 10.0 Å². The molecule has 2 aliphatic carbocycles. The van der Waals surface area contributed by atoms with Crippen LogP contribution < -0.4 is 4.72 Å². The molecule has 0 spiro atoms. The fourth-order valence-electron chi connectivity index (χ4n) is 2.80. The van der Waals surface area contributed by atoms with Gasteiger partial charge < -0.3 is 0 Å². The number of nitrogens with one attached hydrogen (secondary N) is 1. The van der Waals surface area contributed by atoms with E-state index in [-0.39, 0.29) is 11.4 Å². The highest BCUT2D eigenvalue weighted by Gasteiger charge is 2.47. The van der Waals surface area contributed by atoms with Crippen LogP contribution in [0.2, 0.25) is 0 Å². The van der Waals surface area contributed by atoms with Gasteiger partial charge in [-0.2, -0.15) is 14.3 Å². The summed E-state index contributed by atoms with van der Waals surface area (Å²) in [5.41, 5.74) is 0.0521. The smallest absolute Gasteiger partial charge is 0.245 e. The Labute approximate surface area is 147 Å². The van der Waals surface area contributed by atoms with Gasteiger partial charge in [-0.25, -0.2) is 17.9 Å². The molecule has 1 unspecified atom stereocenters. The third-order valence-electron chi connectivity index (χ3n) is 4.60. The van der Waals surface area contributed by atoms with Crippen LogP contribution in [-0.2, 0) is 14.8 Å². The number of fused-ring (bicyclic) bond motifs is 1. The third kappa shape index (κ3) is 3.17. The fraction of sp³-hybridized carbons (Fsp3) is 0.471. The molecule has 0 aromatic carbocycles. The lowest BCUT2D eigenvalue weighted by molar-refractivity contribution is -0.425. The Bertz CT molecular complexity index is 911. The molecule has 7 nitrogen and oxygen atoms in total. The summed E-state index contributed by atoms with van der Waals surface area (Å²) in [5, 5.41) is 0. The predicted molar refractivity (Wildman–Crippen MR) is 92.2 cm³/mol. The number of hydrogen-bond donors (Lipinski definition) is 1. The van der Waals surface area contributed by atoms with Crippen LogP contribution in [0.4, 0.5) is 4.79 Å². The van der Waals surface area contributed by atoms with Crippen molar-refractivity contribution in [2.45, 2.75) is 32.2 Å². The van der Waals surface area contributed by atoms with Crippen molar-refractivity contribution in [2.24, 2.45) is 5.92 Å². The van der Waals surface area contributed by atoms with Gasteiger partial charge in [-0.1, -0.05) is 5.92 Å². The first-order valence-electron chi connectivity index (χ1n) is 7.98. The van der Waals surface area contributed by atoms with Crippen LogP contribution in [0.25, 0.3) is 0 Å². The summed E-state index contributed by atoms with van der Waals surface area (Å²) in [5.74, 6) is 4.26. The molecule has 0 bridgehead atoms. The summed E-state index contributed by atoms with van der Waals surface area (Å²) < 4.78 is 29.2. The fourth-order valence-corrected chi connectivity index (χ4v) is 4.33. The van der Waals surface area contributed by atoms with Crippen LogP contribution in [0.3, 0.4) is 0 Å². The van der Waals surface area contributed by atoms with Crippen molar-refractivity contribution in [1.29, 1.82) is 0 Å². The van der Waals surface area contributed by atoms with Crippen LogP contribution in [0.5, 0.6) is 0 Å². The molecule has 8 heteroatoms. The summed E-state index contributed by atoms with van der Waals surface area (Å²) in [6, 6.07) is -0.466. The van der Waals surface area contributed by atoms with Gasteiger partial charge in [0.25, 0.3) is 0 Å². The normalized spacial score (nSPS) is 24.5. The monoisotopic (exact) mass is 362 g/mol. The first-order valence-corrected chi connectivity index (χ1v) is 9.46. The number of amides is 3. The summed E-state index contributed by atoms with van der Waals surface area (Å²) in [4.78, 5) is 25.9. The molecular weight excluding hydrogens is 342 g/mol. The Hall–Kier alpha value is -2.24. The second-order valence-corrected chi connectivity index (χ2v) is 8.35. The SMILES string of the molecule is CC#CC[N+]1=C2C=CC(S(=O)(=O)NC3(C)CC3)=CC2C(=O)N(C)C1=O. The summed E-state index contributed by atoms with van der Waals surface area (Å²) >= 11 is 0. The van der Waals surface area contributed by atoms with Crippen molar-refractivity contribution in [2.75, 3.05) is 13.6 Å². The Morgan fingerprint density at radius 3 is 2.64 bits per heavy atom. The maximum atomic E-state index is 12.6. The first-order chi connectivity index (χ1) is 11.7. The van der Waals surface area contributed by atoms with Crippen LogP contribution in [-0.4, -0.2) is 54.7 Å². The lowest BCUT2D eigenvalue weighted by Gasteiger charge is -2.25. The number of urea groups is 1. The topological polar surface area (TPSA) is 86.6 Å². The number of carbonyl (C=O) groups is 2. The average molecular weight is 362 g/mol. The van der Waals surface area contributed by atoms with Gasteiger partial charge in [0.1, 0.15) is 11.6 Å². The quantitative estimate of drug-likeness (QED) is 0.586. The molecular formula is C17H20N3O4S+. The molecule has 3 amide bonds. The standard InChI is InChI=1S/C17H20N3O4S/c1-4-5-10-20-14-7-6-12(25(23,24)18-17(2)8-9-17)11-13(14)15(21)19(3)16(20)22/h6-7,11,13,18H,8-10H2,1-3H3/q+1. The Morgan fingerprint density at radius 2 is 2.04 bits per heavy atom. The molecule has 1 aliphatic heterocycles. The van der Waals surface area contributed by atoms with Crippen molar-refractivity contribution in [3.63, 3.8) is 0 Å². The number of rotatable bonds is 4. The minimum atomic E-state index is -3.71. The van der Waals surface area contributed by atoms with Crippen LogP contribution >= 0.6 is 0 Å². The van der Waals surface area contributed by atoms with Gasteiger partial charge in [-0.05, 0) is 44.9 Å². The van der Waals surface area contributed by atoms with Crippen molar-refractivity contribution in [3.05, 3.63) is 23.1 Å². The zero-order chi connectivity index (χ0) is 18.4. The van der Waals surface area contributed by atoms with E-state index in [9.17, 15) is 18.0 Å². The highest BCUT2D eigenvalue weighted by molar-refractivity contribution is 7.93. The van der Waals surface area contributed by atoms with E-state index in [0.717, 1.165) is 17.7 Å². The van der Waals surface area contributed by atoms with Gasteiger partial charge in [0.05, 0.1) is 12.0 Å². The van der Waals surface area contributed by atoms with Crippen molar-refractivity contribution >= 4 is 27.7 Å². The van der Waals surface area contributed by atoms with Gasteiger partial charge in [-0.15, -0.1) is 5.92 Å².